The molecule has 1 rings (SSSR count). The summed E-state index contributed by atoms with van der Waals surface area (Å²) in [5.74, 6) is -0.0664. The average molecular weight is 489 g/mol. The van der Waals surface area contributed by atoms with Crippen molar-refractivity contribution in [2.45, 2.75) is 129 Å². The zero-order valence-electron chi connectivity index (χ0n) is 22.6. The number of hydrogen-bond donors (Lipinski definition) is 2. The summed E-state index contributed by atoms with van der Waals surface area (Å²) < 4.78 is 5.42. The molecule has 0 saturated carbocycles. The number of rotatable bonds is 23. The quantitative estimate of drug-likeness (QED) is 0.127. The minimum absolute atomic E-state index is 0.153. The molecule has 35 heavy (non-hydrogen) atoms. The predicted octanol–water partition coefficient (Wildman–Crippen LogP) is 7.09. The fraction of sp³-hybridized carbons (Fsp3) is 0.733. The van der Waals surface area contributed by atoms with E-state index in [9.17, 15) is 9.59 Å². The van der Waals surface area contributed by atoms with Gasteiger partial charge in [0.15, 0.2) is 0 Å². The van der Waals surface area contributed by atoms with E-state index in [1.165, 1.54) is 70.6 Å². The third-order valence-corrected chi connectivity index (χ3v) is 6.61. The average Bonchev–Trinajstić information content (AvgIpc) is 2.88. The molecule has 0 unspecified atom stereocenters. The molecule has 0 bridgehead atoms. The molecule has 1 amide bonds. The lowest BCUT2D eigenvalue weighted by Crippen LogP contribution is -2.35. The highest BCUT2D eigenvalue weighted by molar-refractivity contribution is 5.76. The Morgan fingerprint density at radius 3 is 1.91 bits per heavy atom. The van der Waals surface area contributed by atoms with Gasteiger partial charge in [-0.1, -0.05) is 114 Å². The highest BCUT2D eigenvalue weighted by atomic mass is 16.5. The van der Waals surface area contributed by atoms with Gasteiger partial charge in [-0.25, -0.2) is 0 Å². The Morgan fingerprint density at radius 2 is 1.34 bits per heavy atom. The van der Waals surface area contributed by atoms with Crippen molar-refractivity contribution in [1.82, 2.24) is 10.6 Å². The second-order valence-corrected chi connectivity index (χ2v) is 9.77. The van der Waals surface area contributed by atoms with Gasteiger partial charge in [0.05, 0.1) is 0 Å². The zero-order valence-corrected chi connectivity index (χ0v) is 22.6. The monoisotopic (exact) mass is 488 g/mol. The predicted molar refractivity (Wildman–Crippen MR) is 146 cm³/mol. The number of benzene rings is 1. The van der Waals surface area contributed by atoms with E-state index in [1.54, 1.807) is 7.05 Å². The summed E-state index contributed by atoms with van der Waals surface area (Å²) in [6.07, 6.45) is 20.2. The number of likely N-dealkylation sites (N-methyl/N-ethyl adjacent to an activating group) is 1. The number of ether oxygens (including phenoxy) is 1. The molecule has 5 heteroatoms. The van der Waals surface area contributed by atoms with Gasteiger partial charge in [0.25, 0.3) is 0 Å². The molecule has 1 atom stereocenters. The van der Waals surface area contributed by atoms with Crippen LogP contribution in [-0.2, 0) is 20.9 Å². The van der Waals surface area contributed by atoms with Crippen LogP contribution in [0.15, 0.2) is 30.3 Å². The van der Waals surface area contributed by atoms with Crippen LogP contribution in [0, 0.1) is 0 Å². The number of esters is 1. The Balaban J connectivity index is 1.91. The van der Waals surface area contributed by atoms with Gasteiger partial charge in [-0.3, -0.25) is 9.59 Å². The van der Waals surface area contributed by atoms with Crippen molar-refractivity contribution in [2.75, 3.05) is 13.6 Å². The Labute approximate surface area is 215 Å². The van der Waals surface area contributed by atoms with E-state index in [-0.39, 0.29) is 17.9 Å². The van der Waals surface area contributed by atoms with E-state index in [0.29, 0.717) is 26.0 Å². The van der Waals surface area contributed by atoms with Gasteiger partial charge >= 0.3 is 5.97 Å². The SMILES string of the molecule is CCCCCCCCCCCCCCCC(=O)NCCCC[C@H](NC)C(=O)OCc1ccccc1. The summed E-state index contributed by atoms with van der Waals surface area (Å²) in [7, 11) is 1.78. The summed E-state index contributed by atoms with van der Waals surface area (Å²) in [5, 5.41) is 6.06. The van der Waals surface area contributed by atoms with Crippen LogP contribution in [0.4, 0.5) is 0 Å². The molecule has 0 aliphatic heterocycles. The fourth-order valence-corrected chi connectivity index (χ4v) is 4.30. The standard InChI is InChI=1S/C30H52N2O3/c1-3-4-5-6-7-8-9-10-11-12-13-14-18-24-29(33)32-25-20-19-23-28(31-2)30(34)35-26-27-21-16-15-17-22-27/h15-17,21-22,28,31H,3-14,18-20,23-26H2,1-2H3,(H,32,33)/t28-/m0/s1. The number of carbonyl (C=O) groups is 2. The first-order valence-corrected chi connectivity index (χ1v) is 14.3. The van der Waals surface area contributed by atoms with Crippen LogP contribution >= 0.6 is 0 Å². The van der Waals surface area contributed by atoms with Crippen molar-refractivity contribution in [2.24, 2.45) is 0 Å². The van der Waals surface area contributed by atoms with Gasteiger partial charge in [-0.05, 0) is 38.3 Å². The molecule has 2 N–H and O–H groups in total. The fourth-order valence-electron chi connectivity index (χ4n) is 4.30. The lowest BCUT2D eigenvalue weighted by atomic mass is 10.0. The van der Waals surface area contributed by atoms with E-state index >= 15 is 0 Å². The summed E-state index contributed by atoms with van der Waals surface area (Å²) in [6.45, 7) is 3.24. The molecule has 5 nitrogen and oxygen atoms in total. The summed E-state index contributed by atoms with van der Waals surface area (Å²) >= 11 is 0. The van der Waals surface area contributed by atoms with Crippen molar-refractivity contribution in [1.29, 1.82) is 0 Å². The second-order valence-electron chi connectivity index (χ2n) is 9.77. The van der Waals surface area contributed by atoms with Crippen LogP contribution < -0.4 is 10.6 Å². The summed E-state index contributed by atoms with van der Waals surface area (Å²) in [6, 6.07) is 9.41. The summed E-state index contributed by atoms with van der Waals surface area (Å²) in [5.41, 5.74) is 0.988. The first-order chi connectivity index (χ1) is 17.2. The van der Waals surface area contributed by atoms with Crippen LogP contribution in [0.5, 0.6) is 0 Å². The van der Waals surface area contributed by atoms with Crippen molar-refractivity contribution < 1.29 is 14.3 Å². The van der Waals surface area contributed by atoms with Crippen LogP contribution in [0.25, 0.3) is 0 Å². The molecule has 1 aromatic rings. The Bertz CT molecular complexity index is 636. The highest BCUT2D eigenvalue weighted by Crippen LogP contribution is 2.13. The lowest BCUT2D eigenvalue weighted by Gasteiger charge is -2.15. The lowest BCUT2D eigenvalue weighted by molar-refractivity contribution is -0.147. The second kappa shape index (κ2) is 22.6. The minimum atomic E-state index is -0.305. The number of hydrogen-bond acceptors (Lipinski definition) is 4. The van der Waals surface area contributed by atoms with Crippen molar-refractivity contribution in [3.8, 4) is 0 Å². The normalized spacial score (nSPS) is 11.8. The maximum Gasteiger partial charge on any atom is 0.323 e. The molecule has 0 aromatic heterocycles. The topological polar surface area (TPSA) is 67.4 Å². The van der Waals surface area contributed by atoms with Crippen molar-refractivity contribution in [3.63, 3.8) is 0 Å². The number of nitrogens with one attached hydrogen (secondary N) is 2. The van der Waals surface area contributed by atoms with E-state index in [4.69, 9.17) is 4.74 Å². The number of unbranched alkanes of at least 4 members (excludes halogenated alkanes) is 13. The van der Waals surface area contributed by atoms with Gasteiger partial charge < -0.3 is 15.4 Å². The maximum atomic E-state index is 12.3. The van der Waals surface area contributed by atoms with Gasteiger partial charge in [-0.2, -0.15) is 0 Å². The Morgan fingerprint density at radius 1 is 0.771 bits per heavy atom. The zero-order chi connectivity index (χ0) is 25.4. The molecule has 1 aromatic carbocycles. The Hall–Kier alpha value is -1.88. The molecule has 0 radical (unpaired) electrons. The van der Waals surface area contributed by atoms with Crippen LogP contribution in [-0.4, -0.2) is 31.5 Å². The van der Waals surface area contributed by atoms with Gasteiger partial charge in [0.1, 0.15) is 12.6 Å². The number of amides is 1. The maximum absolute atomic E-state index is 12.3. The molecule has 0 heterocycles. The van der Waals surface area contributed by atoms with Crippen LogP contribution in [0.2, 0.25) is 0 Å². The molecule has 0 saturated heterocycles. The molecule has 0 fully saturated rings. The third kappa shape index (κ3) is 18.1. The van der Waals surface area contributed by atoms with Crippen molar-refractivity contribution >= 4 is 11.9 Å². The molecule has 0 aliphatic rings. The molecular formula is C30H52N2O3. The van der Waals surface area contributed by atoms with Gasteiger partial charge in [-0.15, -0.1) is 0 Å². The smallest absolute Gasteiger partial charge is 0.323 e. The first kappa shape index (κ1) is 31.2. The summed E-state index contributed by atoms with van der Waals surface area (Å²) in [4.78, 5) is 24.3. The largest absolute Gasteiger partial charge is 0.460 e. The van der Waals surface area contributed by atoms with Crippen LogP contribution in [0.3, 0.4) is 0 Å². The molecule has 0 spiro atoms. The highest BCUT2D eigenvalue weighted by Gasteiger charge is 2.17. The van der Waals surface area contributed by atoms with Gasteiger partial charge in [0, 0.05) is 13.0 Å². The van der Waals surface area contributed by atoms with E-state index in [1.807, 2.05) is 30.3 Å². The number of carbonyl (C=O) groups excluding carboxylic acids is 2. The van der Waals surface area contributed by atoms with Crippen LogP contribution in [0.1, 0.15) is 122 Å². The third-order valence-electron chi connectivity index (χ3n) is 6.61. The van der Waals surface area contributed by atoms with Crippen molar-refractivity contribution in [3.05, 3.63) is 35.9 Å². The van der Waals surface area contributed by atoms with E-state index in [0.717, 1.165) is 31.2 Å². The molecular weight excluding hydrogens is 436 g/mol. The van der Waals surface area contributed by atoms with E-state index < -0.39 is 0 Å². The first-order valence-electron chi connectivity index (χ1n) is 14.3. The molecule has 200 valence electrons. The van der Waals surface area contributed by atoms with E-state index in [2.05, 4.69) is 17.6 Å². The van der Waals surface area contributed by atoms with Gasteiger partial charge in [0.2, 0.25) is 5.91 Å². The minimum Gasteiger partial charge on any atom is -0.460 e. The Kier molecular flexibility index (Phi) is 20.1. The molecule has 0 aliphatic carbocycles.